The third-order valence-electron chi connectivity index (χ3n) is 3.30. The van der Waals surface area contributed by atoms with Crippen molar-refractivity contribution in [2.45, 2.75) is 17.1 Å². The molecule has 1 N–H and O–H groups in total. The highest BCUT2D eigenvalue weighted by atomic mass is 32.2. The zero-order valence-corrected chi connectivity index (χ0v) is 13.1. The number of fused-ring (bicyclic) bond motifs is 1. The molecule has 0 bridgehead atoms. The summed E-state index contributed by atoms with van der Waals surface area (Å²) in [5, 5.41) is 3.09. The van der Waals surface area contributed by atoms with E-state index in [1.165, 1.54) is 4.88 Å². The molecule has 3 rings (SSSR count). The first-order valence-electron chi connectivity index (χ1n) is 9.68. The highest BCUT2D eigenvalue weighted by Gasteiger charge is 2.09. The van der Waals surface area contributed by atoms with Crippen molar-refractivity contribution in [1.82, 2.24) is 9.88 Å². The molecular formula is C17H20N2S2. The molecular weight excluding hydrogens is 296 g/mol. The van der Waals surface area contributed by atoms with E-state index in [1.807, 2.05) is 30.5 Å². The Morgan fingerprint density at radius 1 is 1.29 bits per heavy atom. The molecule has 0 atom stereocenters. The standard InChI is InChI=1S/C17H20N2S2/c1-19(2)9-8-13-11-18-15-6-3-7-16(17(13)15)21-12-14-5-4-10-20-14/h3-7,10-11,18H,8-9,12H2,1-2H3/i1D3,2D3. The highest BCUT2D eigenvalue weighted by Crippen LogP contribution is 2.33. The second kappa shape index (κ2) is 6.69. The Bertz CT molecular complexity index is 869. The van der Waals surface area contributed by atoms with E-state index in [0.717, 1.165) is 27.1 Å². The van der Waals surface area contributed by atoms with Gasteiger partial charge in [-0.1, -0.05) is 12.1 Å². The van der Waals surface area contributed by atoms with Crippen molar-refractivity contribution in [2.75, 3.05) is 20.5 Å². The molecule has 0 amide bonds. The van der Waals surface area contributed by atoms with Crippen LogP contribution in [0.3, 0.4) is 0 Å². The number of nitrogens with one attached hydrogen (secondary N) is 1. The van der Waals surface area contributed by atoms with Crippen molar-refractivity contribution in [3.8, 4) is 0 Å². The first kappa shape index (κ1) is 9.03. The third kappa shape index (κ3) is 3.51. The number of thiophene rings is 1. The van der Waals surface area contributed by atoms with Crippen molar-refractivity contribution in [2.24, 2.45) is 0 Å². The van der Waals surface area contributed by atoms with Crippen LogP contribution in [0.2, 0.25) is 0 Å². The van der Waals surface area contributed by atoms with Gasteiger partial charge in [0.05, 0.1) is 0 Å². The lowest BCUT2D eigenvalue weighted by Gasteiger charge is -2.10. The highest BCUT2D eigenvalue weighted by molar-refractivity contribution is 7.98. The molecule has 0 aliphatic heterocycles. The van der Waals surface area contributed by atoms with Crippen molar-refractivity contribution in [1.29, 1.82) is 0 Å². The molecule has 0 unspecified atom stereocenters. The first-order chi connectivity index (χ1) is 12.7. The summed E-state index contributed by atoms with van der Waals surface area (Å²) in [6, 6.07) is 10.1. The van der Waals surface area contributed by atoms with E-state index >= 15 is 0 Å². The summed E-state index contributed by atoms with van der Waals surface area (Å²) < 4.78 is 45.1. The van der Waals surface area contributed by atoms with Crippen molar-refractivity contribution < 1.29 is 8.22 Å². The molecule has 2 aromatic heterocycles. The summed E-state index contributed by atoms with van der Waals surface area (Å²) >= 11 is 3.44. The van der Waals surface area contributed by atoms with Gasteiger partial charge in [-0.3, -0.25) is 0 Å². The van der Waals surface area contributed by atoms with Crippen LogP contribution in [0, 0.1) is 0 Å². The van der Waals surface area contributed by atoms with Gasteiger partial charge in [-0.15, -0.1) is 23.1 Å². The predicted molar refractivity (Wildman–Crippen MR) is 94.4 cm³/mol. The molecule has 21 heavy (non-hydrogen) atoms. The zero-order chi connectivity index (χ0) is 19.7. The maximum Gasteiger partial charge on any atom is 0.0468 e. The van der Waals surface area contributed by atoms with E-state index in [9.17, 15) is 0 Å². The number of likely N-dealkylation sites (N-methyl/N-ethyl adjacent to an activating group) is 1. The lowest BCUT2D eigenvalue weighted by molar-refractivity contribution is 0.414. The average molecular weight is 323 g/mol. The van der Waals surface area contributed by atoms with Gasteiger partial charge in [-0.05, 0) is 49.5 Å². The van der Waals surface area contributed by atoms with Gasteiger partial charge in [-0.25, -0.2) is 0 Å². The average Bonchev–Trinajstić information content (AvgIpc) is 3.20. The van der Waals surface area contributed by atoms with Crippen LogP contribution in [0.1, 0.15) is 18.7 Å². The third-order valence-corrected chi connectivity index (χ3v) is 5.47. The molecule has 0 aliphatic carbocycles. The summed E-state index contributed by atoms with van der Waals surface area (Å²) in [5.74, 6) is 0.859. The SMILES string of the molecule is [2H]C([2H])([2H])N(CCc1c[nH]c2cccc(SCc3cccs3)c12)C([2H])([2H])[2H]. The summed E-state index contributed by atoms with van der Waals surface area (Å²) in [6.07, 6.45) is 2.18. The molecule has 0 fully saturated rings. The summed E-state index contributed by atoms with van der Waals surface area (Å²) in [7, 11) is 0. The van der Waals surface area contributed by atoms with E-state index in [0.29, 0.717) is 11.3 Å². The maximum absolute atomic E-state index is 7.51. The van der Waals surface area contributed by atoms with Gasteiger partial charge in [0.15, 0.2) is 0 Å². The van der Waals surface area contributed by atoms with Gasteiger partial charge in [0.25, 0.3) is 0 Å². The summed E-state index contributed by atoms with van der Waals surface area (Å²) in [6.45, 7) is -5.38. The topological polar surface area (TPSA) is 19.0 Å². The number of H-pyrrole nitrogens is 1. The second-order valence-corrected chi connectivity index (χ2v) is 6.81. The van der Waals surface area contributed by atoms with Crippen LogP contribution >= 0.6 is 23.1 Å². The molecule has 1 aromatic carbocycles. The largest absolute Gasteiger partial charge is 0.361 e. The van der Waals surface area contributed by atoms with Gasteiger partial charge >= 0.3 is 0 Å². The molecule has 0 saturated carbocycles. The van der Waals surface area contributed by atoms with E-state index in [4.69, 9.17) is 8.22 Å². The number of nitrogens with zero attached hydrogens (tertiary/aromatic N) is 1. The molecule has 0 spiro atoms. The first-order valence-corrected chi connectivity index (χ1v) is 8.55. The Morgan fingerprint density at radius 3 is 3.05 bits per heavy atom. The molecule has 110 valence electrons. The number of hydrogen-bond acceptors (Lipinski definition) is 3. The van der Waals surface area contributed by atoms with Crippen LogP contribution in [0.5, 0.6) is 0 Å². The van der Waals surface area contributed by atoms with Crippen LogP contribution in [0.15, 0.2) is 46.8 Å². The summed E-state index contributed by atoms with van der Waals surface area (Å²) in [4.78, 5) is 6.21. The van der Waals surface area contributed by atoms with Crippen LogP contribution in [-0.2, 0) is 12.2 Å². The van der Waals surface area contributed by atoms with Crippen LogP contribution < -0.4 is 0 Å². The molecule has 0 aliphatic rings. The van der Waals surface area contributed by atoms with E-state index in [2.05, 4.69) is 16.4 Å². The fourth-order valence-electron chi connectivity index (χ4n) is 2.31. The molecule has 0 radical (unpaired) electrons. The number of aromatic nitrogens is 1. The fraction of sp³-hybridized carbons (Fsp3) is 0.294. The van der Waals surface area contributed by atoms with Crippen LogP contribution in [0.25, 0.3) is 10.9 Å². The Morgan fingerprint density at radius 2 is 2.24 bits per heavy atom. The number of thioether (sulfide) groups is 1. The molecule has 4 heteroatoms. The minimum Gasteiger partial charge on any atom is -0.361 e. The molecule has 2 nitrogen and oxygen atoms in total. The monoisotopic (exact) mass is 322 g/mol. The normalized spacial score (nSPS) is 17.0. The van der Waals surface area contributed by atoms with Gasteiger partial charge in [0.1, 0.15) is 0 Å². The van der Waals surface area contributed by atoms with Gasteiger partial charge in [0, 0.05) is 47.4 Å². The van der Waals surface area contributed by atoms with Crippen molar-refractivity contribution in [3.05, 3.63) is 52.3 Å². The number of rotatable bonds is 6. The van der Waals surface area contributed by atoms with Gasteiger partial charge in [0.2, 0.25) is 0 Å². The minimum absolute atomic E-state index is 0.0656. The lowest BCUT2D eigenvalue weighted by Crippen LogP contribution is -2.14. The minimum atomic E-state index is -2.66. The molecule has 0 saturated heterocycles. The quantitative estimate of drug-likeness (QED) is 0.667. The zero-order valence-electron chi connectivity index (χ0n) is 17.4. The van der Waals surface area contributed by atoms with Crippen molar-refractivity contribution >= 4 is 34.0 Å². The number of benzene rings is 1. The van der Waals surface area contributed by atoms with Gasteiger partial charge in [-0.2, -0.15) is 0 Å². The van der Waals surface area contributed by atoms with E-state index < -0.39 is 14.0 Å². The second-order valence-electron chi connectivity index (χ2n) is 4.76. The predicted octanol–water partition coefficient (Wildman–Crippen LogP) is 4.63. The number of hydrogen-bond donors (Lipinski definition) is 1. The van der Waals surface area contributed by atoms with E-state index in [1.54, 1.807) is 23.1 Å². The van der Waals surface area contributed by atoms with Crippen LogP contribution in [-0.4, -0.2) is 30.4 Å². The summed E-state index contributed by atoms with van der Waals surface area (Å²) in [5.41, 5.74) is 1.90. The fourth-order valence-corrected chi connectivity index (χ4v) is 4.21. The molecule has 2 heterocycles. The Kier molecular flexibility index (Phi) is 2.88. The smallest absolute Gasteiger partial charge is 0.0468 e. The number of aromatic amines is 1. The van der Waals surface area contributed by atoms with Crippen molar-refractivity contribution in [3.63, 3.8) is 0 Å². The Labute approximate surface area is 142 Å². The Hall–Kier alpha value is -1.23. The van der Waals surface area contributed by atoms with Gasteiger partial charge < -0.3 is 9.88 Å². The Balaban J connectivity index is 1.82. The van der Waals surface area contributed by atoms with Crippen LogP contribution in [0.4, 0.5) is 0 Å². The maximum atomic E-state index is 7.51. The van der Waals surface area contributed by atoms with E-state index in [-0.39, 0.29) is 6.54 Å². The molecule has 3 aromatic rings. The lowest BCUT2D eigenvalue weighted by atomic mass is 10.1.